The molecule has 1 fully saturated rings. The highest BCUT2D eigenvalue weighted by Gasteiger charge is 2.27. The second kappa shape index (κ2) is 6.95. The van der Waals surface area contributed by atoms with Crippen molar-refractivity contribution in [2.45, 2.75) is 32.4 Å². The summed E-state index contributed by atoms with van der Waals surface area (Å²) in [5.41, 5.74) is 0.940. The molecule has 0 spiro atoms. The Labute approximate surface area is 136 Å². The Morgan fingerprint density at radius 1 is 1.43 bits per heavy atom. The Balaban J connectivity index is 2.18. The van der Waals surface area contributed by atoms with Crippen LogP contribution in [0.3, 0.4) is 0 Å². The SMILES string of the molecule is CC(C)N1CC[C@@H](NC(=O)c2cc([N+](=O)[O-])ccc2N(C)C)C1. The number of benzene rings is 1. The molecule has 7 heteroatoms. The van der Waals surface area contributed by atoms with Crippen LogP contribution in [0.1, 0.15) is 30.6 Å². The number of likely N-dealkylation sites (tertiary alicyclic amines) is 1. The van der Waals surface area contributed by atoms with Crippen molar-refractivity contribution < 1.29 is 9.72 Å². The number of nitrogens with zero attached hydrogens (tertiary/aromatic N) is 3. The number of rotatable bonds is 5. The lowest BCUT2D eigenvalue weighted by molar-refractivity contribution is -0.384. The normalized spacial score (nSPS) is 18.2. The third-order valence-electron chi connectivity index (χ3n) is 4.20. The molecule has 0 aliphatic carbocycles. The minimum absolute atomic E-state index is 0.0732. The van der Waals surface area contributed by atoms with Crippen LogP contribution in [0.15, 0.2) is 18.2 Å². The maximum absolute atomic E-state index is 12.6. The van der Waals surface area contributed by atoms with E-state index in [1.807, 2.05) is 14.1 Å². The smallest absolute Gasteiger partial charge is 0.270 e. The van der Waals surface area contributed by atoms with Crippen LogP contribution in [0.2, 0.25) is 0 Å². The maximum atomic E-state index is 12.6. The number of hydrogen-bond donors (Lipinski definition) is 1. The number of hydrogen-bond acceptors (Lipinski definition) is 5. The zero-order valence-corrected chi connectivity index (χ0v) is 14.1. The van der Waals surface area contributed by atoms with Crippen molar-refractivity contribution in [1.82, 2.24) is 10.2 Å². The molecule has 7 nitrogen and oxygen atoms in total. The molecule has 23 heavy (non-hydrogen) atoms. The number of carbonyl (C=O) groups excluding carboxylic acids is 1. The van der Waals surface area contributed by atoms with E-state index in [0.717, 1.165) is 19.5 Å². The van der Waals surface area contributed by atoms with E-state index in [-0.39, 0.29) is 17.6 Å². The second-order valence-corrected chi connectivity index (χ2v) is 6.40. The maximum Gasteiger partial charge on any atom is 0.270 e. The zero-order valence-electron chi connectivity index (χ0n) is 14.1. The minimum Gasteiger partial charge on any atom is -0.377 e. The lowest BCUT2D eigenvalue weighted by atomic mass is 10.1. The van der Waals surface area contributed by atoms with Crippen LogP contribution in [0.25, 0.3) is 0 Å². The summed E-state index contributed by atoms with van der Waals surface area (Å²) in [7, 11) is 3.63. The van der Waals surface area contributed by atoms with Gasteiger partial charge in [-0.25, -0.2) is 0 Å². The van der Waals surface area contributed by atoms with Gasteiger partial charge in [0.25, 0.3) is 11.6 Å². The third kappa shape index (κ3) is 3.98. The predicted molar refractivity (Wildman–Crippen MR) is 90.0 cm³/mol. The summed E-state index contributed by atoms with van der Waals surface area (Å²) in [6.07, 6.45) is 0.899. The van der Waals surface area contributed by atoms with E-state index in [2.05, 4.69) is 24.1 Å². The van der Waals surface area contributed by atoms with Crippen LogP contribution in [0.4, 0.5) is 11.4 Å². The molecule has 0 unspecified atom stereocenters. The van der Waals surface area contributed by atoms with Crippen LogP contribution in [0, 0.1) is 10.1 Å². The van der Waals surface area contributed by atoms with E-state index >= 15 is 0 Å². The van der Waals surface area contributed by atoms with Crippen LogP contribution in [-0.2, 0) is 0 Å². The van der Waals surface area contributed by atoms with Crippen LogP contribution < -0.4 is 10.2 Å². The van der Waals surface area contributed by atoms with Crippen molar-refractivity contribution in [2.24, 2.45) is 0 Å². The third-order valence-corrected chi connectivity index (χ3v) is 4.20. The molecular formula is C16H24N4O3. The lowest BCUT2D eigenvalue weighted by Crippen LogP contribution is -2.39. The molecule has 1 aromatic rings. The van der Waals surface area contributed by atoms with E-state index in [1.165, 1.54) is 12.1 Å². The van der Waals surface area contributed by atoms with E-state index in [9.17, 15) is 14.9 Å². The average molecular weight is 320 g/mol. The van der Waals surface area contributed by atoms with Crippen molar-refractivity contribution in [3.05, 3.63) is 33.9 Å². The molecule has 1 heterocycles. The molecule has 1 saturated heterocycles. The van der Waals surface area contributed by atoms with Gasteiger partial charge in [-0.15, -0.1) is 0 Å². The summed E-state index contributed by atoms with van der Waals surface area (Å²) in [6.45, 7) is 6.04. The van der Waals surface area contributed by atoms with Crippen LogP contribution in [0.5, 0.6) is 0 Å². The van der Waals surface area contributed by atoms with Gasteiger partial charge in [-0.05, 0) is 26.3 Å². The Morgan fingerprint density at radius 2 is 2.13 bits per heavy atom. The fourth-order valence-corrected chi connectivity index (χ4v) is 2.85. The number of non-ortho nitro benzene ring substituents is 1. The van der Waals surface area contributed by atoms with Gasteiger partial charge >= 0.3 is 0 Å². The number of carbonyl (C=O) groups is 1. The van der Waals surface area contributed by atoms with E-state index < -0.39 is 4.92 Å². The summed E-state index contributed by atoms with van der Waals surface area (Å²) in [4.78, 5) is 27.2. The molecule has 126 valence electrons. The Morgan fingerprint density at radius 3 is 2.65 bits per heavy atom. The lowest BCUT2D eigenvalue weighted by Gasteiger charge is -2.21. The van der Waals surface area contributed by atoms with Gasteiger partial charge < -0.3 is 10.2 Å². The first-order valence-corrected chi connectivity index (χ1v) is 7.80. The first-order valence-electron chi connectivity index (χ1n) is 7.80. The van der Waals surface area contributed by atoms with Gasteiger partial charge in [0.2, 0.25) is 0 Å². The molecule has 0 radical (unpaired) electrons. The van der Waals surface area contributed by atoms with Gasteiger partial charge in [0.1, 0.15) is 0 Å². The fourth-order valence-electron chi connectivity index (χ4n) is 2.85. The van der Waals surface area contributed by atoms with Gasteiger partial charge in [0, 0.05) is 57.1 Å². The summed E-state index contributed by atoms with van der Waals surface area (Å²) in [5, 5.41) is 14.0. The van der Waals surface area contributed by atoms with Gasteiger partial charge in [-0.3, -0.25) is 19.8 Å². The summed E-state index contributed by atoms with van der Waals surface area (Å²) in [5.74, 6) is -0.256. The van der Waals surface area contributed by atoms with Crippen molar-refractivity contribution >= 4 is 17.3 Å². The molecule has 0 bridgehead atoms. The highest BCUT2D eigenvalue weighted by Crippen LogP contribution is 2.24. The number of nitrogens with one attached hydrogen (secondary N) is 1. The Hall–Kier alpha value is -2.15. The molecule has 2 rings (SSSR count). The highest BCUT2D eigenvalue weighted by atomic mass is 16.6. The van der Waals surface area contributed by atoms with E-state index in [1.54, 1.807) is 11.0 Å². The number of amides is 1. The molecule has 0 aromatic heterocycles. The van der Waals surface area contributed by atoms with Gasteiger partial charge in [0.15, 0.2) is 0 Å². The van der Waals surface area contributed by atoms with Crippen molar-refractivity contribution in [2.75, 3.05) is 32.1 Å². The number of anilines is 1. The minimum atomic E-state index is -0.480. The molecule has 0 saturated carbocycles. The zero-order chi connectivity index (χ0) is 17.1. The topological polar surface area (TPSA) is 78.7 Å². The van der Waals surface area contributed by atoms with Crippen LogP contribution in [-0.4, -0.2) is 55.0 Å². The molecule has 1 atom stereocenters. The van der Waals surface area contributed by atoms with E-state index in [0.29, 0.717) is 17.3 Å². The van der Waals surface area contributed by atoms with E-state index in [4.69, 9.17) is 0 Å². The summed E-state index contributed by atoms with van der Waals surface area (Å²) in [6, 6.07) is 4.91. The molecule has 1 aliphatic heterocycles. The monoisotopic (exact) mass is 320 g/mol. The largest absolute Gasteiger partial charge is 0.377 e. The Kier molecular flexibility index (Phi) is 5.20. The molecule has 1 aliphatic rings. The van der Waals surface area contributed by atoms with Gasteiger partial charge in [-0.2, -0.15) is 0 Å². The molecule has 1 N–H and O–H groups in total. The molecular weight excluding hydrogens is 296 g/mol. The highest BCUT2D eigenvalue weighted by molar-refractivity contribution is 6.00. The predicted octanol–water partition coefficient (Wildman–Crippen LogP) is 1.87. The number of nitro benzene ring substituents is 1. The fraction of sp³-hybridized carbons (Fsp3) is 0.562. The quantitative estimate of drug-likeness (QED) is 0.662. The van der Waals surface area contributed by atoms with Crippen molar-refractivity contribution in [3.8, 4) is 0 Å². The second-order valence-electron chi connectivity index (χ2n) is 6.40. The summed E-state index contributed by atoms with van der Waals surface area (Å²) >= 11 is 0. The first kappa shape index (κ1) is 17.2. The molecule has 1 aromatic carbocycles. The van der Waals surface area contributed by atoms with Gasteiger partial charge in [-0.1, -0.05) is 0 Å². The average Bonchev–Trinajstić information content (AvgIpc) is 2.95. The standard InChI is InChI=1S/C16H24N4O3/c1-11(2)19-8-7-12(10-19)17-16(21)14-9-13(20(22)23)5-6-15(14)18(3)4/h5-6,9,11-12H,7-8,10H2,1-4H3,(H,17,21)/t12-/m1/s1. The van der Waals surface area contributed by atoms with Crippen molar-refractivity contribution in [3.63, 3.8) is 0 Å². The first-order chi connectivity index (χ1) is 10.8. The molecule has 1 amide bonds. The number of nitro groups is 1. The Bertz CT molecular complexity index is 601. The van der Waals surface area contributed by atoms with Gasteiger partial charge in [0.05, 0.1) is 10.5 Å². The van der Waals surface area contributed by atoms with Crippen LogP contribution >= 0.6 is 0 Å². The van der Waals surface area contributed by atoms with Crippen molar-refractivity contribution in [1.29, 1.82) is 0 Å². The summed E-state index contributed by atoms with van der Waals surface area (Å²) < 4.78 is 0.